The van der Waals surface area contributed by atoms with Crippen molar-refractivity contribution < 1.29 is 18.7 Å². The van der Waals surface area contributed by atoms with Crippen LogP contribution in [0.4, 0.5) is 0 Å². The molecule has 3 rings (SSSR count). The summed E-state index contributed by atoms with van der Waals surface area (Å²) in [5, 5.41) is 0.602. The Morgan fingerprint density at radius 3 is 2.50 bits per heavy atom. The molecular formula is C21H18N2O5. The Labute approximate surface area is 160 Å². The fourth-order valence-corrected chi connectivity index (χ4v) is 2.67. The third kappa shape index (κ3) is 3.93. The minimum absolute atomic E-state index is 0.210. The van der Waals surface area contributed by atoms with Gasteiger partial charge in [0, 0.05) is 10.9 Å². The molecule has 2 aromatic carbocycles. The molecule has 2 amide bonds. The molecule has 0 atom stereocenters. The van der Waals surface area contributed by atoms with E-state index in [0.717, 1.165) is 5.56 Å². The van der Waals surface area contributed by atoms with Gasteiger partial charge >= 0.3 is 5.63 Å². The predicted octanol–water partition coefficient (Wildman–Crippen LogP) is 2.60. The number of carbonyl (C=O) groups excluding carboxylic acids is 2. The number of para-hydroxylation sites is 1. The Morgan fingerprint density at radius 1 is 1.11 bits per heavy atom. The van der Waals surface area contributed by atoms with Crippen molar-refractivity contribution in [1.82, 2.24) is 10.9 Å². The quantitative estimate of drug-likeness (QED) is 0.404. The van der Waals surface area contributed by atoms with Gasteiger partial charge in [-0.05, 0) is 42.3 Å². The van der Waals surface area contributed by atoms with Gasteiger partial charge in [0.2, 0.25) is 0 Å². The Hall–Kier alpha value is -3.87. The van der Waals surface area contributed by atoms with Crippen molar-refractivity contribution in [3.8, 4) is 5.75 Å². The van der Waals surface area contributed by atoms with Gasteiger partial charge in [0.05, 0.1) is 7.11 Å². The second kappa shape index (κ2) is 8.22. The molecule has 0 aliphatic heterocycles. The zero-order valence-electron chi connectivity index (χ0n) is 15.2. The average molecular weight is 378 g/mol. The summed E-state index contributed by atoms with van der Waals surface area (Å²) < 4.78 is 10.3. The highest BCUT2D eigenvalue weighted by molar-refractivity contribution is 6.00. The van der Waals surface area contributed by atoms with E-state index < -0.39 is 17.4 Å². The number of amides is 2. The van der Waals surface area contributed by atoms with Gasteiger partial charge < -0.3 is 9.15 Å². The first kappa shape index (κ1) is 18.9. The molecule has 3 aromatic rings. The van der Waals surface area contributed by atoms with Crippen LogP contribution < -0.4 is 21.2 Å². The average Bonchev–Trinajstić information content (AvgIpc) is 2.72. The summed E-state index contributed by atoms with van der Waals surface area (Å²) in [5.41, 5.74) is 5.02. The molecule has 2 N–H and O–H groups in total. The normalized spacial score (nSPS) is 10.3. The van der Waals surface area contributed by atoms with Crippen LogP contribution in [0.3, 0.4) is 0 Å². The number of allylic oxidation sites excluding steroid dienone is 1. The van der Waals surface area contributed by atoms with Crippen LogP contribution in [-0.2, 0) is 6.42 Å². The number of ether oxygens (including phenoxy) is 1. The minimum atomic E-state index is -0.791. The Balaban J connectivity index is 1.77. The van der Waals surface area contributed by atoms with Crippen LogP contribution in [0, 0.1) is 0 Å². The standard InChI is InChI=1S/C21H18N2O5/c1-3-5-13-6-4-7-15-12-17(21(26)28-18(13)15)20(25)23-22-19(24)14-8-10-16(27-2)11-9-14/h3-4,6-12H,1,5H2,2H3,(H,22,24)(H,23,25). The van der Waals surface area contributed by atoms with Crippen LogP contribution in [0.1, 0.15) is 26.3 Å². The maximum absolute atomic E-state index is 12.3. The number of hydrogen-bond acceptors (Lipinski definition) is 5. The molecular weight excluding hydrogens is 360 g/mol. The highest BCUT2D eigenvalue weighted by Crippen LogP contribution is 2.19. The van der Waals surface area contributed by atoms with E-state index in [-0.39, 0.29) is 5.56 Å². The Bertz CT molecular complexity index is 1100. The molecule has 0 bridgehead atoms. The molecule has 0 saturated carbocycles. The summed E-state index contributed by atoms with van der Waals surface area (Å²) in [6.07, 6.45) is 2.23. The number of fused-ring (bicyclic) bond motifs is 1. The minimum Gasteiger partial charge on any atom is -0.497 e. The summed E-state index contributed by atoms with van der Waals surface area (Å²) in [7, 11) is 1.52. The van der Waals surface area contributed by atoms with Gasteiger partial charge in [-0.15, -0.1) is 6.58 Å². The summed E-state index contributed by atoms with van der Waals surface area (Å²) in [6.45, 7) is 3.68. The van der Waals surface area contributed by atoms with Gasteiger partial charge in [-0.2, -0.15) is 0 Å². The topological polar surface area (TPSA) is 97.6 Å². The van der Waals surface area contributed by atoms with Crippen LogP contribution in [-0.4, -0.2) is 18.9 Å². The molecule has 0 saturated heterocycles. The van der Waals surface area contributed by atoms with Gasteiger partial charge in [-0.25, -0.2) is 4.79 Å². The smallest absolute Gasteiger partial charge is 0.349 e. The molecule has 28 heavy (non-hydrogen) atoms. The van der Waals surface area contributed by atoms with Crippen LogP contribution >= 0.6 is 0 Å². The molecule has 142 valence electrons. The second-order valence-electron chi connectivity index (χ2n) is 5.91. The third-order valence-corrected chi connectivity index (χ3v) is 4.09. The lowest BCUT2D eigenvalue weighted by Gasteiger charge is -2.08. The molecule has 0 aliphatic carbocycles. The van der Waals surface area contributed by atoms with Crippen molar-refractivity contribution in [2.24, 2.45) is 0 Å². The SMILES string of the molecule is C=CCc1cccc2cc(C(=O)NNC(=O)c3ccc(OC)cc3)c(=O)oc12. The van der Waals surface area contributed by atoms with E-state index in [9.17, 15) is 14.4 Å². The van der Waals surface area contributed by atoms with Crippen LogP contribution in [0.25, 0.3) is 11.0 Å². The summed E-state index contributed by atoms with van der Waals surface area (Å²) in [5.74, 6) is -0.703. The first-order chi connectivity index (χ1) is 13.5. The number of rotatable bonds is 5. The van der Waals surface area contributed by atoms with Crippen molar-refractivity contribution in [3.63, 3.8) is 0 Å². The van der Waals surface area contributed by atoms with Gasteiger partial charge in [0.1, 0.15) is 16.9 Å². The van der Waals surface area contributed by atoms with E-state index in [2.05, 4.69) is 17.4 Å². The number of benzene rings is 2. The van der Waals surface area contributed by atoms with Crippen LogP contribution in [0.5, 0.6) is 5.75 Å². The highest BCUT2D eigenvalue weighted by Gasteiger charge is 2.16. The Morgan fingerprint density at radius 2 is 1.82 bits per heavy atom. The first-order valence-corrected chi connectivity index (χ1v) is 8.45. The Kier molecular flexibility index (Phi) is 5.55. The van der Waals surface area contributed by atoms with Crippen molar-refractivity contribution in [1.29, 1.82) is 0 Å². The maximum Gasteiger partial charge on any atom is 0.349 e. The monoisotopic (exact) mass is 378 g/mol. The molecule has 1 aromatic heterocycles. The van der Waals surface area contributed by atoms with E-state index in [0.29, 0.717) is 28.7 Å². The van der Waals surface area contributed by atoms with Crippen LogP contribution in [0.2, 0.25) is 0 Å². The molecule has 0 fully saturated rings. The lowest BCUT2D eigenvalue weighted by atomic mass is 10.1. The van der Waals surface area contributed by atoms with Gasteiger partial charge in [-0.3, -0.25) is 20.4 Å². The fourth-order valence-electron chi connectivity index (χ4n) is 2.67. The van der Waals surface area contributed by atoms with Gasteiger partial charge in [0.25, 0.3) is 11.8 Å². The van der Waals surface area contributed by atoms with E-state index in [1.807, 2.05) is 6.07 Å². The van der Waals surface area contributed by atoms with Crippen molar-refractivity contribution in [3.05, 3.63) is 88.3 Å². The molecule has 1 heterocycles. The molecule has 0 spiro atoms. The zero-order valence-corrected chi connectivity index (χ0v) is 15.2. The highest BCUT2D eigenvalue weighted by atomic mass is 16.5. The molecule has 0 unspecified atom stereocenters. The molecule has 0 aliphatic rings. The maximum atomic E-state index is 12.3. The van der Waals surface area contributed by atoms with E-state index >= 15 is 0 Å². The molecule has 7 nitrogen and oxygen atoms in total. The van der Waals surface area contributed by atoms with Gasteiger partial charge in [-0.1, -0.05) is 24.3 Å². The zero-order chi connectivity index (χ0) is 20.1. The summed E-state index contributed by atoms with van der Waals surface area (Å²) >= 11 is 0. The predicted molar refractivity (Wildman–Crippen MR) is 104 cm³/mol. The van der Waals surface area contributed by atoms with Crippen molar-refractivity contribution >= 4 is 22.8 Å². The molecule has 0 radical (unpaired) electrons. The lowest BCUT2D eigenvalue weighted by molar-refractivity contribution is 0.0844. The third-order valence-electron chi connectivity index (χ3n) is 4.09. The van der Waals surface area contributed by atoms with Crippen molar-refractivity contribution in [2.75, 3.05) is 7.11 Å². The number of methoxy groups -OCH3 is 1. The van der Waals surface area contributed by atoms with E-state index in [1.165, 1.54) is 13.2 Å². The largest absolute Gasteiger partial charge is 0.497 e. The summed E-state index contributed by atoms with van der Waals surface area (Å²) in [6, 6.07) is 13.1. The second-order valence-corrected chi connectivity index (χ2v) is 5.91. The number of carbonyl (C=O) groups is 2. The summed E-state index contributed by atoms with van der Waals surface area (Å²) in [4.78, 5) is 36.7. The van der Waals surface area contributed by atoms with Gasteiger partial charge in [0.15, 0.2) is 0 Å². The lowest BCUT2D eigenvalue weighted by Crippen LogP contribution is -2.43. The van der Waals surface area contributed by atoms with Crippen molar-refractivity contribution in [2.45, 2.75) is 6.42 Å². The van der Waals surface area contributed by atoms with E-state index in [1.54, 1.807) is 42.5 Å². The van der Waals surface area contributed by atoms with Crippen LogP contribution in [0.15, 0.2) is 70.4 Å². The number of hydrazine groups is 1. The van der Waals surface area contributed by atoms with E-state index in [4.69, 9.17) is 9.15 Å². The fraction of sp³-hybridized carbons (Fsp3) is 0.0952. The number of nitrogens with one attached hydrogen (secondary N) is 2. The first-order valence-electron chi connectivity index (χ1n) is 8.45. The molecule has 7 heteroatoms. The number of hydrogen-bond donors (Lipinski definition) is 2.